The first-order valence-electron chi connectivity index (χ1n) is 6.35. The van der Waals surface area contributed by atoms with Crippen LogP contribution in [0.1, 0.15) is 39.6 Å². The number of rotatable bonds is 4. The minimum atomic E-state index is 0.496. The van der Waals surface area contributed by atoms with Crippen molar-refractivity contribution in [1.82, 2.24) is 5.32 Å². The Morgan fingerprint density at radius 3 is 2.94 bits per heavy atom. The highest BCUT2D eigenvalue weighted by molar-refractivity contribution is 7.16. The van der Waals surface area contributed by atoms with Gasteiger partial charge in [-0.2, -0.15) is 0 Å². The predicted molar refractivity (Wildman–Crippen MR) is 80.9 cm³/mol. The van der Waals surface area contributed by atoms with Crippen molar-refractivity contribution in [2.75, 3.05) is 0 Å². The van der Waals surface area contributed by atoms with Crippen LogP contribution < -0.4 is 5.32 Å². The van der Waals surface area contributed by atoms with Crippen molar-refractivity contribution in [2.45, 2.75) is 38.8 Å². The van der Waals surface area contributed by atoms with E-state index in [2.05, 4.69) is 30.4 Å². The summed E-state index contributed by atoms with van der Waals surface area (Å²) in [5, 5.41) is 3.66. The zero-order valence-electron chi connectivity index (χ0n) is 10.3. The van der Waals surface area contributed by atoms with E-state index in [0.717, 1.165) is 17.3 Å². The average molecular weight is 298 g/mol. The zero-order valence-corrected chi connectivity index (χ0v) is 12.7. The van der Waals surface area contributed by atoms with Gasteiger partial charge in [0.2, 0.25) is 0 Å². The summed E-state index contributed by atoms with van der Waals surface area (Å²) < 4.78 is 0.927. The largest absolute Gasteiger partial charge is 0.305 e. The average Bonchev–Trinajstić information content (AvgIpc) is 3.02. The first-order valence-corrected chi connectivity index (χ1v) is 8.36. The van der Waals surface area contributed by atoms with Gasteiger partial charge in [-0.25, -0.2) is 0 Å². The number of hydrogen-bond acceptors (Lipinski definition) is 3. The van der Waals surface area contributed by atoms with Crippen molar-refractivity contribution < 1.29 is 0 Å². The van der Waals surface area contributed by atoms with E-state index >= 15 is 0 Å². The van der Waals surface area contributed by atoms with Crippen LogP contribution in [0.2, 0.25) is 4.34 Å². The van der Waals surface area contributed by atoms with Gasteiger partial charge < -0.3 is 5.32 Å². The maximum atomic E-state index is 6.08. The monoisotopic (exact) mass is 297 g/mol. The Morgan fingerprint density at radius 2 is 2.17 bits per heavy atom. The van der Waals surface area contributed by atoms with Gasteiger partial charge in [-0.3, -0.25) is 0 Å². The van der Waals surface area contributed by atoms with E-state index in [4.69, 9.17) is 11.6 Å². The van der Waals surface area contributed by atoms with E-state index in [0.29, 0.717) is 6.04 Å². The van der Waals surface area contributed by atoms with Gasteiger partial charge in [0, 0.05) is 27.2 Å². The van der Waals surface area contributed by atoms with Crippen LogP contribution in [-0.4, -0.2) is 0 Å². The first kappa shape index (κ1) is 12.7. The molecule has 0 amide bonds. The molecule has 1 aliphatic rings. The van der Waals surface area contributed by atoms with Crippen LogP contribution in [0.5, 0.6) is 0 Å². The van der Waals surface area contributed by atoms with E-state index < -0.39 is 0 Å². The second-order valence-corrected chi connectivity index (χ2v) is 7.64. The second kappa shape index (κ2) is 5.33. The maximum Gasteiger partial charge on any atom is 0.0934 e. The van der Waals surface area contributed by atoms with Crippen LogP contribution in [0.15, 0.2) is 18.2 Å². The van der Waals surface area contributed by atoms with Crippen LogP contribution in [0.3, 0.4) is 0 Å². The molecule has 0 aromatic carbocycles. The molecular weight excluding hydrogens is 282 g/mol. The highest BCUT2D eigenvalue weighted by Crippen LogP contribution is 2.39. The van der Waals surface area contributed by atoms with E-state index in [-0.39, 0.29) is 0 Å². The SMILES string of the molecule is CCc1ccc(CNC2CCc3sc(Cl)cc32)s1. The first-order chi connectivity index (χ1) is 8.76. The van der Waals surface area contributed by atoms with Crippen molar-refractivity contribution in [1.29, 1.82) is 0 Å². The summed E-state index contributed by atoms with van der Waals surface area (Å²) in [7, 11) is 0. The molecular formula is C14H16ClNS2. The summed E-state index contributed by atoms with van der Waals surface area (Å²) in [6.45, 7) is 3.18. The third-order valence-electron chi connectivity index (χ3n) is 3.44. The molecule has 1 nitrogen and oxygen atoms in total. The topological polar surface area (TPSA) is 12.0 Å². The Bertz CT molecular complexity index is 544. The normalized spacial score (nSPS) is 18.2. The molecule has 0 spiro atoms. The quantitative estimate of drug-likeness (QED) is 0.854. The molecule has 2 aromatic heterocycles. The number of hydrogen-bond donors (Lipinski definition) is 1. The fraction of sp³-hybridized carbons (Fsp3) is 0.429. The van der Waals surface area contributed by atoms with Crippen LogP contribution in [0.25, 0.3) is 0 Å². The smallest absolute Gasteiger partial charge is 0.0934 e. The molecule has 1 N–H and O–H groups in total. The molecule has 0 saturated heterocycles. The lowest BCUT2D eigenvalue weighted by molar-refractivity contribution is 0.533. The van der Waals surface area contributed by atoms with Gasteiger partial charge >= 0.3 is 0 Å². The lowest BCUT2D eigenvalue weighted by atomic mass is 10.2. The van der Waals surface area contributed by atoms with Crippen LogP contribution >= 0.6 is 34.3 Å². The van der Waals surface area contributed by atoms with Crippen LogP contribution in [0.4, 0.5) is 0 Å². The lowest BCUT2D eigenvalue weighted by Crippen LogP contribution is -2.17. The molecule has 2 aromatic rings. The van der Waals surface area contributed by atoms with E-state index in [1.54, 1.807) is 11.3 Å². The fourth-order valence-electron chi connectivity index (χ4n) is 2.47. The molecule has 3 rings (SSSR count). The Morgan fingerprint density at radius 1 is 1.33 bits per heavy atom. The Labute approximate surface area is 121 Å². The number of fused-ring (bicyclic) bond motifs is 1. The summed E-state index contributed by atoms with van der Waals surface area (Å²) in [5.74, 6) is 0. The highest BCUT2D eigenvalue weighted by Gasteiger charge is 2.24. The summed E-state index contributed by atoms with van der Waals surface area (Å²) in [6.07, 6.45) is 3.53. The van der Waals surface area contributed by atoms with Crippen molar-refractivity contribution in [3.8, 4) is 0 Å². The van der Waals surface area contributed by atoms with Gasteiger partial charge in [0.1, 0.15) is 0 Å². The highest BCUT2D eigenvalue weighted by atomic mass is 35.5. The molecule has 1 aliphatic carbocycles. The van der Waals surface area contributed by atoms with Gasteiger partial charge in [-0.15, -0.1) is 22.7 Å². The Hall–Kier alpha value is -0.350. The fourth-order valence-corrected chi connectivity index (χ4v) is 4.74. The molecule has 4 heteroatoms. The molecule has 1 atom stereocenters. The van der Waals surface area contributed by atoms with Crippen molar-refractivity contribution in [3.05, 3.63) is 42.7 Å². The Balaban J connectivity index is 1.64. The second-order valence-electron chi connectivity index (χ2n) is 4.62. The standard InChI is InChI=1S/C14H16ClNS2/c1-2-9-3-4-10(17-9)8-16-12-5-6-13-11(12)7-14(15)18-13/h3-4,7,12,16H,2,5-6,8H2,1H3. The summed E-state index contributed by atoms with van der Waals surface area (Å²) in [6, 6.07) is 7.12. The summed E-state index contributed by atoms with van der Waals surface area (Å²) >= 11 is 9.73. The molecule has 0 aliphatic heterocycles. The number of halogens is 1. The van der Waals surface area contributed by atoms with E-state index in [1.807, 2.05) is 11.3 Å². The van der Waals surface area contributed by atoms with Gasteiger partial charge in [0.05, 0.1) is 4.34 Å². The molecule has 0 radical (unpaired) electrons. The van der Waals surface area contributed by atoms with E-state index in [1.165, 1.54) is 33.0 Å². The molecule has 2 heterocycles. The predicted octanol–water partition coefficient (Wildman–Crippen LogP) is 4.80. The Kier molecular flexibility index (Phi) is 3.76. The zero-order chi connectivity index (χ0) is 12.5. The van der Waals surface area contributed by atoms with Gasteiger partial charge in [-0.05, 0) is 43.0 Å². The summed E-state index contributed by atoms with van der Waals surface area (Å²) in [5.41, 5.74) is 1.43. The minimum Gasteiger partial charge on any atom is -0.305 e. The van der Waals surface area contributed by atoms with Crippen molar-refractivity contribution in [2.24, 2.45) is 0 Å². The number of aryl methyl sites for hydroxylation is 2. The third-order valence-corrected chi connectivity index (χ3v) is 6.00. The van der Waals surface area contributed by atoms with Gasteiger partial charge in [0.15, 0.2) is 0 Å². The lowest BCUT2D eigenvalue weighted by Gasteiger charge is -2.11. The van der Waals surface area contributed by atoms with Gasteiger partial charge in [0.25, 0.3) is 0 Å². The van der Waals surface area contributed by atoms with Gasteiger partial charge in [-0.1, -0.05) is 18.5 Å². The molecule has 18 heavy (non-hydrogen) atoms. The van der Waals surface area contributed by atoms with Crippen LogP contribution in [-0.2, 0) is 19.4 Å². The molecule has 0 saturated carbocycles. The number of nitrogens with one attached hydrogen (secondary N) is 1. The van der Waals surface area contributed by atoms with Crippen molar-refractivity contribution >= 4 is 34.3 Å². The summed E-state index contributed by atoms with van der Waals surface area (Å²) in [4.78, 5) is 4.37. The molecule has 0 bridgehead atoms. The maximum absolute atomic E-state index is 6.08. The number of thiophene rings is 2. The third kappa shape index (κ3) is 2.50. The van der Waals surface area contributed by atoms with Crippen LogP contribution in [0, 0.1) is 0 Å². The van der Waals surface area contributed by atoms with E-state index in [9.17, 15) is 0 Å². The molecule has 0 fully saturated rings. The molecule has 96 valence electrons. The minimum absolute atomic E-state index is 0.496. The van der Waals surface area contributed by atoms with Crippen molar-refractivity contribution in [3.63, 3.8) is 0 Å². The molecule has 1 unspecified atom stereocenters.